The van der Waals surface area contributed by atoms with Crippen LogP contribution in [0.1, 0.15) is 19.8 Å². The summed E-state index contributed by atoms with van der Waals surface area (Å²) in [7, 11) is 0. The van der Waals surface area contributed by atoms with E-state index < -0.39 is 0 Å². The highest BCUT2D eigenvalue weighted by Gasteiger charge is 2.51. The van der Waals surface area contributed by atoms with Gasteiger partial charge in [-0.3, -0.25) is 4.79 Å². The highest BCUT2D eigenvalue weighted by molar-refractivity contribution is 5.90. The van der Waals surface area contributed by atoms with Crippen LogP contribution in [0.2, 0.25) is 0 Å². The summed E-state index contributed by atoms with van der Waals surface area (Å²) in [6.07, 6.45) is 2.31. The van der Waals surface area contributed by atoms with Crippen LogP contribution in [0.4, 0.5) is 10.1 Å². The van der Waals surface area contributed by atoms with Gasteiger partial charge in [-0.15, -0.1) is 0 Å². The van der Waals surface area contributed by atoms with E-state index in [2.05, 4.69) is 5.32 Å². The van der Waals surface area contributed by atoms with Crippen molar-refractivity contribution in [2.45, 2.75) is 38.1 Å². The van der Waals surface area contributed by atoms with E-state index in [1.165, 1.54) is 25.1 Å². The smallest absolute Gasteiger partial charge is 0.221 e. The van der Waals surface area contributed by atoms with Crippen LogP contribution >= 0.6 is 0 Å². The summed E-state index contributed by atoms with van der Waals surface area (Å²) in [4.78, 5) is 11.1. The number of epoxide rings is 1. The fraction of sp³-hybridized carbons (Fsp3) is 0.462. The van der Waals surface area contributed by atoms with Crippen molar-refractivity contribution in [2.75, 3.05) is 5.32 Å². The number of carbonyl (C=O) groups is 1. The molecule has 2 fully saturated rings. The summed E-state index contributed by atoms with van der Waals surface area (Å²) in [5.41, 5.74) is 0.494. The molecule has 3 atom stereocenters. The number of fused-ring (bicyclic) bond motifs is 1. The number of benzene rings is 1. The molecule has 1 amide bonds. The van der Waals surface area contributed by atoms with Crippen LogP contribution < -0.4 is 10.1 Å². The molecule has 1 saturated carbocycles. The van der Waals surface area contributed by atoms with E-state index in [1.54, 1.807) is 0 Å². The predicted octanol–water partition coefficient (Wildman–Crippen LogP) is 2.09. The van der Waals surface area contributed by atoms with E-state index in [1.807, 2.05) is 0 Å². The molecule has 2 aliphatic rings. The molecule has 0 radical (unpaired) electrons. The van der Waals surface area contributed by atoms with Gasteiger partial charge in [-0.2, -0.15) is 0 Å². The minimum absolute atomic E-state index is 0.0377. The lowest BCUT2D eigenvalue weighted by atomic mass is 10.2. The van der Waals surface area contributed by atoms with Crippen LogP contribution in [0.25, 0.3) is 0 Å². The Hall–Kier alpha value is -1.62. The fourth-order valence-corrected chi connectivity index (χ4v) is 2.38. The topological polar surface area (TPSA) is 50.9 Å². The molecule has 1 aromatic rings. The first-order valence-electron chi connectivity index (χ1n) is 6.03. The van der Waals surface area contributed by atoms with Crippen molar-refractivity contribution in [3.8, 4) is 5.75 Å². The maximum atomic E-state index is 13.2. The van der Waals surface area contributed by atoms with E-state index in [0.717, 1.165) is 12.8 Å². The number of hydrogen-bond acceptors (Lipinski definition) is 3. The summed E-state index contributed by atoms with van der Waals surface area (Å²) in [6.45, 7) is 1.41. The monoisotopic (exact) mass is 251 g/mol. The third kappa shape index (κ3) is 2.18. The van der Waals surface area contributed by atoms with Crippen molar-refractivity contribution < 1.29 is 18.7 Å². The molecule has 0 aromatic heterocycles. The summed E-state index contributed by atoms with van der Waals surface area (Å²) < 4.78 is 24.4. The van der Waals surface area contributed by atoms with Crippen LogP contribution in [0.15, 0.2) is 18.2 Å². The summed E-state index contributed by atoms with van der Waals surface area (Å²) >= 11 is 0. The molecule has 1 aliphatic carbocycles. The number of nitrogens with one attached hydrogen (secondary N) is 1. The second-order valence-corrected chi connectivity index (χ2v) is 4.69. The second kappa shape index (κ2) is 4.24. The van der Waals surface area contributed by atoms with Gasteiger partial charge in [-0.05, 0) is 25.0 Å². The molecule has 4 nitrogen and oxygen atoms in total. The summed E-state index contributed by atoms with van der Waals surface area (Å²) in [5.74, 6) is -0.227. The molecule has 0 bridgehead atoms. The number of halogens is 1. The normalized spacial score (nSPS) is 28.7. The molecule has 1 N–H and O–H groups in total. The molecule has 3 rings (SSSR count). The van der Waals surface area contributed by atoms with Crippen molar-refractivity contribution in [1.29, 1.82) is 0 Å². The lowest BCUT2D eigenvalue weighted by molar-refractivity contribution is -0.114. The van der Waals surface area contributed by atoms with Crippen molar-refractivity contribution >= 4 is 11.6 Å². The van der Waals surface area contributed by atoms with Gasteiger partial charge in [0.05, 0.1) is 11.8 Å². The zero-order chi connectivity index (χ0) is 12.7. The van der Waals surface area contributed by atoms with Gasteiger partial charge in [0.2, 0.25) is 5.91 Å². The van der Waals surface area contributed by atoms with E-state index in [9.17, 15) is 9.18 Å². The van der Waals surface area contributed by atoms with Crippen molar-refractivity contribution in [2.24, 2.45) is 0 Å². The van der Waals surface area contributed by atoms with Crippen LogP contribution in [0.3, 0.4) is 0 Å². The Morgan fingerprint density at radius 2 is 2.33 bits per heavy atom. The van der Waals surface area contributed by atoms with Gasteiger partial charge in [0.25, 0.3) is 0 Å². The Balaban J connectivity index is 1.79. The molecule has 1 aliphatic heterocycles. The third-order valence-electron chi connectivity index (χ3n) is 3.26. The van der Waals surface area contributed by atoms with Gasteiger partial charge in [-0.25, -0.2) is 4.39 Å². The molecular weight excluding hydrogens is 237 g/mol. The maximum Gasteiger partial charge on any atom is 0.221 e. The standard InChI is InChI=1S/C13H14FNO3/c1-7(16)15-9-3-2-8(14)6-12(9)17-10-4-5-11-13(10)18-11/h2-3,6,10-11,13H,4-5H2,1H3,(H,15,16)/t10-,11+,13+/m0/s1. The van der Waals surface area contributed by atoms with Crippen molar-refractivity contribution in [3.63, 3.8) is 0 Å². The highest BCUT2D eigenvalue weighted by Crippen LogP contribution is 2.41. The number of rotatable bonds is 3. The number of ether oxygens (including phenoxy) is 2. The van der Waals surface area contributed by atoms with Crippen LogP contribution in [0.5, 0.6) is 5.75 Å². The van der Waals surface area contributed by atoms with E-state index in [4.69, 9.17) is 9.47 Å². The highest BCUT2D eigenvalue weighted by atomic mass is 19.1. The van der Waals surface area contributed by atoms with Gasteiger partial charge in [0.15, 0.2) is 0 Å². The first kappa shape index (κ1) is 11.5. The maximum absolute atomic E-state index is 13.2. The second-order valence-electron chi connectivity index (χ2n) is 4.69. The third-order valence-corrected chi connectivity index (χ3v) is 3.26. The van der Waals surface area contributed by atoms with E-state index in [-0.39, 0.29) is 23.9 Å². The first-order chi connectivity index (χ1) is 8.63. The van der Waals surface area contributed by atoms with Crippen LogP contribution in [-0.2, 0) is 9.53 Å². The Bertz CT molecular complexity index is 491. The largest absolute Gasteiger partial charge is 0.485 e. The number of carbonyl (C=O) groups excluding carboxylic acids is 1. The first-order valence-corrected chi connectivity index (χ1v) is 6.03. The van der Waals surface area contributed by atoms with Crippen LogP contribution in [-0.4, -0.2) is 24.2 Å². The van der Waals surface area contributed by atoms with Crippen LogP contribution in [0, 0.1) is 5.82 Å². The molecular formula is C13H14FNO3. The number of hydrogen-bond donors (Lipinski definition) is 1. The molecule has 1 aromatic carbocycles. The lowest BCUT2D eigenvalue weighted by Gasteiger charge is -2.17. The van der Waals surface area contributed by atoms with Gasteiger partial charge >= 0.3 is 0 Å². The molecule has 18 heavy (non-hydrogen) atoms. The summed E-state index contributed by atoms with van der Waals surface area (Å²) in [5, 5.41) is 2.63. The predicted molar refractivity (Wildman–Crippen MR) is 63.0 cm³/mol. The van der Waals surface area contributed by atoms with Gasteiger partial charge in [0, 0.05) is 13.0 Å². The SMILES string of the molecule is CC(=O)Nc1ccc(F)cc1O[C@H]1CC[C@H]2O[C@H]12. The van der Waals surface area contributed by atoms with Gasteiger partial charge in [-0.1, -0.05) is 0 Å². The summed E-state index contributed by atoms with van der Waals surface area (Å²) in [6, 6.07) is 4.09. The molecule has 0 spiro atoms. The number of amides is 1. The van der Waals surface area contributed by atoms with E-state index in [0.29, 0.717) is 17.5 Å². The Morgan fingerprint density at radius 1 is 1.50 bits per heavy atom. The average Bonchev–Trinajstić information content (AvgIpc) is 2.99. The van der Waals surface area contributed by atoms with Crippen molar-refractivity contribution in [1.82, 2.24) is 0 Å². The number of anilines is 1. The molecule has 96 valence electrons. The quantitative estimate of drug-likeness (QED) is 0.837. The Labute approximate surface area is 104 Å². The average molecular weight is 251 g/mol. The Morgan fingerprint density at radius 3 is 2.94 bits per heavy atom. The molecule has 0 unspecified atom stereocenters. The van der Waals surface area contributed by atoms with E-state index >= 15 is 0 Å². The molecule has 1 saturated heterocycles. The zero-order valence-electron chi connectivity index (χ0n) is 9.98. The minimum Gasteiger partial charge on any atom is -0.485 e. The zero-order valence-corrected chi connectivity index (χ0v) is 9.98. The molecule has 1 heterocycles. The Kier molecular flexibility index (Phi) is 2.70. The lowest BCUT2D eigenvalue weighted by Crippen LogP contribution is -2.20. The minimum atomic E-state index is -0.384. The van der Waals surface area contributed by atoms with Gasteiger partial charge < -0.3 is 14.8 Å². The molecule has 5 heteroatoms. The van der Waals surface area contributed by atoms with Gasteiger partial charge in [0.1, 0.15) is 23.8 Å². The van der Waals surface area contributed by atoms with Crippen molar-refractivity contribution in [3.05, 3.63) is 24.0 Å². The fourth-order valence-electron chi connectivity index (χ4n) is 2.38.